The molecule has 0 atom stereocenters. The Labute approximate surface area is 113 Å². The van der Waals surface area contributed by atoms with Gasteiger partial charge < -0.3 is 11.1 Å². The number of nitriles is 1. The molecule has 0 unspecified atom stereocenters. The molecule has 6 nitrogen and oxygen atoms in total. The van der Waals surface area contributed by atoms with E-state index in [0.717, 1.165) is 6.07 Å². The molecule has 0 bridgehead atoms. The third kappa shape index (κ3) is 2.81. The SMILES string of the molecule is N#Cc1ccc(Nc2cc(N)cc([N+](=O)[O-])c2)c(F)c1. The summed E-state index contributed by atoms with van der Waals surface area (Å²) >= 11 is 0. The van der Waals surface area contributed by atoms with Crippen molar-refractivity contribution >= 4 is 22.7 Å². The van der Waals surface area contributed by atoms with Crippen molar-refractivity contribution in [1.82, 2.24) is 0 Å². The molecule has 0 spiro atoms. The van der Waals surface area contributed by atoms with Crippen molar-refractivity contribution in [3.8, 4) is 6.07 Å². The summed E-state index contributed by atoms with van der Waals surface area (Å²) in [5.74, 6) is -0.630. The van der Waals surface area contributed by atoms with Gasteiger partial charge in [0, 0.05) is 23.5 Å². The summed E-state index contributed by atoms with van der Waals surface area (Å²) in [6, 6.07) is 9.60. The summed E-state index contributed by atoms with van der Waals surface area (Å²) in [5, 5.41) is 22.1. The van der Waals surface area contributed by atoms with Crippen molar-refractivity contribution in [2.45, 2.75) is 0 Å². The highest BCUT2D eigenvalue weighted by Crippen LogP contribution is 2.26. The zero-order valence-corrected chi connectivity index (χ0v) is 10.1. The van der Waals surface area contributed by atoms with Crippen molar-refractivity contribution in [3.63, 3.8) is 0 Å². The number of anilines is 3. The molecule has 0 amide bonds. The minimum atomic E-state index is -0.630. The highest BCUT2D eigenvalue weighted by Gasteiger charge is 2.10. The molecule has 100 valence electrons. The third-order valence-corrected chi connectivity index (χ3v) is 2.53. The van der Waals surface area contributed by atoms with Gasteiger partial charge in [-0.15, -0.1) is 0 Å². The number of non-ortho nitro benzene ring substituents is 1. The van der Waals surface area contributed by atoms with Crippen LogP contribution >= 0.6 is 0 Å². The fourth-order valence-electron chi connectivity index (χ4n) is 1.65. The van der Waals surface area contributed by atoms with E-state index >= 15 is 0 Å². The molecule has 0 fully saturated rings. The molecule has 0 radical (unpaired) electrons. The van der Waals surface area contributed by atoms with E-state index in [-0.39, 0.29) is 22.6 Å². The molecular weight excluding hydrogens is 263 g/mol. The summed E-state index contributed by atoms with van der Waals surface area (Å²) in [4.78, 5) is 10.1. The molecule has 0 aliphatic carbocycles. The first kappa shape index (κ1) is 13.3. The topological polar surface area (TPSA) is 105 Å². The van der Waals surface area contributed by atoms with E-state index in [2.05, 4.69) is 5.32 Å². The minimum Gasteiger partial charge on any atom is -0.398 e. The van der Waals surface area contributed by atoms with Crippen LogP contribution in [0.4, 0.5) is 27.1 Å². The predicted molar refractivity (Wildman–Crippen MR) is 71.9 cm³/mol. The fraction of sp³-hybridized carbons (Fsp3) is 0. The first-order valence-corrected chi connectivity index (χ1v) is 5.51. The van der Waals surface area contributed by atoms with E-state index in [0.29, 0.717) is 5.69 Å². The van der Waals surface area contributed by atoms with E-state index in [1.165, 1.54) is 30.3 Å². The molecule has 20 heavy (non-hydrogen) atoms. The van der Waals surface area contributed by atoms with Crippen molar-refractivity contribution in [3.05, 3.63) is 57.9 Å². The number of hydrogen-bond acceptors (Lipinski definition) is 5. The smallest absolute Gasteiger partial charge is 0.273 e. The monoisotopic (exact) mass is 272 g/mol. The second-order valence-electron chi connectivity index (χ2n) is 4.00. The maximum absolute atomic E-state index is 13.7. The van der Waals surface area contributed by atoms with Crippen LogP contribution < -0.4 is 11.1 Å². The second-order valence-corrected chi connectivity index (χ2v) is 4.00. The van der Waals surface area contributed by atoms with Gasteiger partial charge in [-0.25, -0.2) is 4.39 Å². The van der Waals surface area contributed by atoms with Crippen LogP contribution in [0.1, 0.15) is 5.56 Å². The number of rotatable bonds is 3. The fourth-order valence-corrected chi connectivity index (χ4v) is 1.65. The lowest BCUT2D eigenvalue weighted by Gasteiger charge is -2.08. The van der Waals surface area contributed by atoms with Crippen LogP contribution in [0.2, 0.25) is 0 Å². The van der Waals surface area contributed by atoms with Crippen LogP contribution in [0.3, 0.4) is 0 Å². The molecule has 0 saturated carbocycles. The first-order chi connectivity index (χ1) is 9.49. The number of halogens is 1. The largest absolute Gasteiger partial charge is 0.398 e. The number of nitrogen functional groups attached to an aromatic ring is 1. The van der Waals surface area contributed by atoms with Gasteiger partial charge in [0.15, 0.2) is 0 Å². The lowest BCUT2D eigenvalue weighted by Crippen LogP contribution is -1.98. The van der Waals surface area contributed by atoms with Gasteiger partial charge >= 0.3 is 0 Å². The van der Waals surface area contributed by atoms with E-state index in [1.807, 2.05) is 6.07 Å². The van der Waals surface area contributed by atoms with Gasteiger partial charge in [0.1, 0.15) is 5.82 Å². The normalized spacial score (nSPS) is 9.80. The van der Waals surface area contributed by atoms with Crippen LogP contribution in [-0.4, -0.2) is 4.92 Å². The summed E-state index contributed by atoms with van der Waals surface area (Å²) in [7, 11) is 0. The van der Waals surface area contributed by atoms with E-state index in [9.17, 15) is 14.5 Å². The standard InChI is InChI=1S/C13H9FN4O2/c14-12-3-8(7-15)1-2-13(12)17-10-4-9(16)5-11(6-10)18(19)20/h1-6,17H,16H2. The molecule has 0 aliphatic heterocycles. The van der Waals surface area contributed by atoms with Crippen LogP contribution in [0.5, 0.6) is 0 Å². The van der Waals surface area contributed by atoms with Gasteiger partial charge in [0.05, 0.1) is 22.2 Å². The lowest BCUT2D eigenvalue weighted by atomic mass is 10.2. The number of nitrogens with zero attached hydrogens (tertiary/aromatic N) is 2. The molecular formula is C13H9FN4O2. The number of nitro benzene ring substituents is 1. The summed E-state index contributed by atoms with van der Waals surface area (Å²) < 4.78 is 13.7. The van der Waals surface area contributed by atoms with Crippen LogP contribution in [0.25, 0.3) is 0 Å². The van der Waals surface area contributed by atoms with E-state index < -0.39 is 10.7 Å². The molecule has 0 aromatic heterocycles. The number of nitrogens with two attached hydrogens (primary N) is 1. The van der Waals surface area contributed by atoms with Gasteiger partial charge in [-0.3, -0.25) is 10.1 Å². The minimum absolute atomic E-state index is 0.101. The summed E-state index contributed by atoms with van der Waals surface area (Å²) in [6.45, 7) is 0. The van der Waals surface area contributed by atoms with Gasteiger partial charge in [0.2, 0.25) is 0 Å². The molecule has 7 heteroatoms. The summed E-state index contributed by atoms with van der Waals surface area (Å²) in [6.07, 6.45) is 0. The Kier molecular flexibility index (Phi) is 3.48. The highest BCUT2D eigenvalue weighted by atomic mass is 19.1. The summed E-state index contributed by atoms with van der Waals surface area (Å²) in [5.41, 5.74) is 6.13. The third-order valence-electron chi connectivity index (χ3n) is 2.53. The van der Waals surface area contributed by atoms with Crippen molar-refractivity contribution in [2.24, 2.45) is 0 Å². The Morgan fingerprint density at radius 2 is 2.05 bits per heavy atom. The zero-order valence-electron chi connectivity index (χ0n) is 10.1. The zero-order chi connectivity index (χ0) is 14.7. The van der Waals surface area contributed by atoms with Gasteiger partial charge in [-0.2, -0.15) is 5.26 Å². The lowest BCUT2D eigenvalue weighted by molar-refractivity contribution is -0.384. The Bertz CT molecular complexity index is 725. The second kappa shape index (κ2) is 5.24. The molecule has 3 N–H and O–H groups in total. The van der Waals surface area contributed by atoms with Crippen molar-refractivity contribution < 1.29 is 9.31 Å². The van der Waals surface area contributed by atoms with Crippen molar-refractivity contribution in [1.29, 1.82) is 5.26 Å². The highest BCUT2D eigenvalue weighted by molar-refractivity contribution is 5.68. The number of nitro groups is 1. The van der Waals surface area contributed by atoms with Crippen molar-refractivity contribution in [2.75, 3.05) is 11.1 Å². The molecule has 2 aromatic rings. The van der Waals surface area contributed by atoms with Gasteiger partial charge in [-0.1, -0.05) is 0 Å². The maximum Gasteiger partial charge on any atom is 0.273 e. The van der Waals surface area contributed by atoms with Crippen LogP contribution in [0.15, 0.2) is 36.4 Å². The van der Waals surface area contributed by atoms with Gasteiger partial charge in [0.25, 0.3) is 5.69 Å². The molecule has 2 rings (SSSR count). The van der Waals surface area contributed by atoms with E-state index in [4.69, 9.17) is 11.0 Å². The molecule has 2 aromatic carbocycles. The first-order valence-electron chi connectivity index (χ1n) is 5.51. The quantitative estimate of drug-likeness (QED) is 0.507. The molecule has 0 saturated heterocycles. The average Bonchev–Trinajstić information content (AvgIpc) is 2.40. The number of nitrogens with one attached hydrogen (secondary N) is 1. The van der Waals surface area contributed by atoms with Gasteiger partial charge in [-0.05, 0) is 24.3 Å². The molecule has 0 aliphatic rings. The Morgan fingerprint density at radius 1 is 1.30 bits per heavy atom. The Hall–Kier alpha value is -3.14. The number of hydrogen-bond donors (Lipinski definition) is 2. The maximum atomic E-state index is 13.7. The number of benzene rings is 2. The predicted octanol–water partition coefficient (Wildman–Crippen LogP) is 2.93. The Balaban J connectivity index is 2.35. The Morgan fingerprint density at radius 3 is 2.65 bits per heavy atom. The molecule has 0 heterocycles. The van der Waals surface area contributed by atoms with E-state index in [1.54, 1.807) is 0 Å². The van der Waals surface area contributed by atoms with Crippen LogP contribution in [-0.2, 0) is 0 Å². The average molecular weight is 272 g/mol. The van der Waals surface area contributed by atoms with Crippen LogP contribution in [0, 0.1) is 27.3 Å².